The fraction of sp³-hybridized carbons (Fsp3) is 0.854. The summed E-state index contributed by atoms with van der Waals surface area (Å²) in [7, 11) is 0. The molecule has 0 fully saturated rings. The molecule has 1 rings (SSSR count). The van der Waals surface area contributed by atoms with Crippen molar-refractivity contribution in [3.05, 3.63) is 24.3 Å². The van der Waals surface area contributed by atoms with E-state index in [0.717, 1.165) is 32.4 Å². The Kier molecular flexibility index (Phi) is 34.0. The molecule has 5 heteroatoms. The predicted molar refractivity (Wildman–Crippen MR) is 207 cm³/mol. The van der Waals surface area contributed by atoms with Crippen molar-refractivity contribution in [3.8, 4) is 0 Å². The highest BCUT2D eigenvalue weighted by molar-refractivity contribution is 5.85. The first-order valence-electron chi connectivity index (χ1n) is 20.1. The van der Waals surface area contributed by atoms with Crippen LogP contribution in [0.4, 0.5) is 0 Å². The summed E-state index contributed by atoms with van der Waals surface area (Å²) in [5.41, 5.74) is 0. The number of aliphatic imine (C=N–C) groups is 1. The topological polar surface area (TPSA) is 44.7 Å². The van der Waals surface area contributed by atoms with Crippen LogP contribution in [0.25, 0.3) is 0 Å². The summed E-state index contributed by atoms with van der Waals surface area (Å²) in [5.74, 6) is 1.41. The number of halogens is 1. The Morgan fingerprint density at radius 3 is 1.48 bits per heavy atom. The molecule has 4 nitrogen and oxygen atoms in total. The lowest BCUT2D eigenvalue weighted by Gasteiger charge is -2.28. The van der Waals surface area contributed by atoms with Crippen LogP contribution in [0.5, 0.6) is 0 Å². The highest BCUT2D eigenvalue weighted by Crippen LogP contribution is 2.15. The molecule has 0 radical (unpaired) electrons. The van der Waals surface area contributed by atoms with Gasteiger partial charge in [0.15, 0.2) is 0 Å². The molecule has 1 heterocycles. The first-order chi connectivity index (χ1) is 22.2. The Hall–Kier alpha value is -1.29. The van der Waals surface area contributed by atoms with E-state index in [9.17, 15) is 4.79 Å². The average molecular weight is 665 g/mol. The van der Waals surface area contributed by atoms with Gasteiger partial charge in [0, 0.05) is 19.4 Å². The van der Waals surface area contributed by atoms with Crippen LogP contribution < -0.4 is 5.32 Å². The Morgan fingerprint density at radius 1 is 0.630 bits per heavy atom. The zero-order valence-electron chi connectivity index (χ0n) is 31.0. The molecule has 0 bridgehead atoms. The first-order valence-corrected chi connectivity index (χ1v) is 20.1. The number of rotatable bonds is 33. The van der Waals surface area contributed by atoms with Crippen molar-refractivity contribution in [1.29, 1.82) is 0 Å². The molecule has 1 atom stereocenters. The molecule has 0 aromatic carbocycles. The van der Waals surface area contributed by atoms with E-state index in [1.54, 1.807) is 0 Å². The third kappa shape index (κ3) is 27.8. The summed E-state index contributed by atoms with van der Waals surface area (Å²) >= 11 is 0. The second kappa shape index (κ2) is 35.0. The van der Waals surface area contributed by atoms with Gasteiger partial charge in [-0.3, -0.25) is 9.79 Å². The molecular formula is C41H78ClN3O. The summed E-state index contributed by atoms with van der Waals surface area (Å²) in [6, 6.07) is 0. The smallest absolute Gasteiger partial charge is 0.221 e. The minimum atomic E-state index is 0. The van der Waals surface area contributed by atoms with Crippen LogP contribution in [-0.4, -0.2) is 35.9 Å². The van der Waals surface area contributed by atoms with Crippen LogP contribution in [-0.2, 0) is 4.79 Å². The lowest BCUT2D eigenvalue weighted by atomic mass is 10.1. The van der Waals surface area contributed by atoms with Gasteiger partial charge in [0.05, 0.1) is 12.7 Å². The Bertz CT molecular complexity index is 750. The molecule has 0 aliphatic carbocycles. The molecule has 1 aliphatic rings. The Morgan fingerprint density at radius 2 is 1.02 bits per heavy atom. The van der Waals surface area contributed by atoms with Crippen molar-refractivity contribution in [2.45, 2.75) is 213 Å². The van der Waals surface area contributed by atoms with Gasteiger partial charge in [0.1, 0.15) is 5.84 Å². The van der Waals surface area contributed by atoms with Crippen LogP contribution in [0.2, 0.25) is 0 Å². The van der Waals surface area contributed by atoms with E-state index >= 15 is 0 Å². The van der Waals surface area contributed by atoms with Crippen molar-refractivity contribution >= 4 is 24.1 Å². The van der Waals surface area contributed by atoms with Gasteiger partial charge < -0.3 is 10.2 Å². The summed E-state index contributed by atoms with van der Waals surface area (Å²) in [6.07, 6.45) is 46.8. The lowest BCUT2D eigenvalue weighted by Crippen LogP contribution is -2.47. The minimum Gasteiger partial charge on any atom is -0.338 e. The first kappa shape index (κ1) is 44.7. The Labute approximate surface area is 293 Å². The summed E-state index contributed by atoms with van der Waals surface area (Å²) < 4.78 is 0. The van der Waals surface area contributed by atoms with Crippen LogP contribution in [0.15, 0.2) is 29.3 Å². The van der Waals surface area contributed by atoms with Gasteiger partial charge in [0.25, 0.3) is 0 Å². The van der Waals surface area contributed by atoms with Gasteiger partial charge in [-0.1, -0.05) is 147 Å². The number of hydrogen-bond acceptors (Lipinski definition) is 3. The summed E-state index contributed by atoms with van der Waals surface area (Å²) in [4.78, 5) is 19.7. The highest BCUT2D eigenvalue weighted by Gasteiger charge is 2.22. The molecule has 0 saturated heterocycles. The second-order valence-corrected chi connectivity index (χ2v) is 13.8. The predicted octanol–water partition coefficient (Wildman–Crippen LogP) is 13.0. The van der Waals surface area contributed by atoms with Crippen molar-refractivity contribution in [2.24, 2.45) is 4.99 Å². The van der Waals surface area contributed by atoms with Gasteiger partial charge in [-0.15, -0.1) is 12.4 Å². The molecule has 1 N–H and O–H groups in total. The van der Waals surface area contributed by atoms with Crippen molar-refractivity contribution in [2.75, 3.05) is 13.1 Å². The van der Waals surface area contributed by atoms with E-state index in [1.807, 2.05) is 0 Å². The van der Waals surface area contributed by atoms with Gasteiger partial charge in [0.2, 0.25) is 5.91 Å². The number of unbranched alkanes of at least 4 members (excludes halogenated alkanes) is 23. The number of amides is 1. The van der Waals surface area contributed by atoms with Gasteiger partial charge in [-0.25, -0.2) is 0 Å². The number of hydrogen-bond donors (Lipinski definition) is 1. The fourth-order valence-electron chi connectivity index (χ4n) is 6.42. The van der Waals surface area contributed by atoms with E-state index in [1.165, 1.54) is 166 Å². The second-order valence-electron chi connectivity index (χ2n) is 13.8. The SMILES string of the molecule is CCCCCCCC/C=C\CCCCCCCCC1=NCCN1C(C)NC(=O)CCCCCCC/C=C\CCCCCCCC.Cl. The number of allylic oxidation sites excluding steroid dienone is 4. The molecule has 270 valence electrons. The standard InChI is InChI=1S/C41H77N3O.ClH/c1-4-6-8-10-12-14-16-18-20-22-23-25-27-29-31-33-35-40-42-37-38-44(40)39(3)43-41(45)36-34-32-30-28-26-24-21-19-17-15-13-11-9-7-5-2;/h18-21,39H,4-17,22-38H2,1-3H3,(H,43,45);1H/b20-18-,21-19-;. The van der Waals surface area contributed by atoms with Crippen LogP contribution in [0, 0.1) is 0 Å². The molecule has 0 aromatic rings. The molecule has 1 amide bonds. The molecule has 1 aliphatic heterocycles. The molecule has 0 aromatic heterocycles. The zero-order chi connectivity index (χ0) is 32.5. The average Bonchev–Trinajstić information content (AvgIpc) is 3.51. The van der Waals surface area contributed by atoms with Crippen LogP contribution >= 0.6 is 12.4 Å². The number of amidine groups is 1. The van der Waals surface area contributed by atoms with E-state index in [0.29, 0.717) is 6.42 Å². The maximum Gasteiger partial charge on any atom is 0.221 e. The minimum absolute atomic E-state index is 0. The monoisotopic (exact) mass is 664 g/mol. The fourth-order valence-corrected chi connectivity index (χ4v) is 6.42. The quantitative estimate of drug-likeness (QED) is 0.0561. The van der Waals surface area contributed by atoms with Crippen molar-refractivity contribution < 1.29 is 4.79 Å². The molecule has 0 spiro atoms. The molecular weight excluding hydrogens is 586 g/mol. The summed E-state index contributed by atoms with van der Waals surface area (Å²) in [5, 5.41) is 3.25. The van der Waals surface area contributed by atoms with Gasteiger partial charge in [-0.05, 0) is 71.1 Å². The van der Waals surface area contributed by atoms with E-state index in [-0.39, 0.29) is 24.5 Å². The maximum absolute atomic E-state index is 12.6. The maximum atomic E-state index is 12.6. The van der Waals surface area contributed by atoms with Crippen molar-refractivity contribution in [1.82, 2.24) is 10.2 Å². The van der Waals surface area contributed by atoms with Crippen LogP contribution in [0.1, 0.15) is 207 Å². The number of carbonyl (C=O) groups excluding carboxylic acids is 1. The number of nitrogens with one attached hydrogen (secondary N) is 1. The van der Waals surface area contributed by atoms with Gasteiger partial charge in [-0.2, -0.15) is 0 Å². The van der Waals surface area contributed by atoms with E-state index < -0.39 is 0 Å². The Balaban J connectivity index is 0.0000202. The van der Waals surface area contributed by atoms with E-state index in [2.05, 4.69) is 55.3 Å². The number of nitrogens with zero attached hydrogens (tertiary/aromatic N) is 2. The molecule has 0 saturated carbocycles. The normalized spacial score (nSPS) is 13.9. The third-order valence-electron chi connectivity index (χ3n) is 9.38. The molecule has 46 heavy (non-hydrogen) atoms. The summed E-state index contributed by atoms with van der Waals surface area (Å²) in [6.45, 7) is 8.50. The van der Waals surface area contributed by atoms with Gasteiger partial charge >= 0.3 is 0 Å². The third-order valence-corrected chi connectivity index (χ3v) is 9.38. The largest absolute Gasteiger partial charge is 0.338 e. The lowest BCUT2D eigenvalue weighted by molar-refractivity contribution is -0.122. The molecule has 1 unspecified atom stereocenters. The highest BCUT2D eigenvalue weighted by atomic mass is 35.5. The van der Waals surface area contributed by atoms with Crippen LogP contribution in [0.3, 0.4) is 0 Å². The zero-order valence-corrected chi connectivity index (χ0v) is 31.8. The van der Waals surface area contributed by atoms with Crippen molar-refractivity contribution in [3.63, 3.8) is 0 Å². The van der Waals surface area contributed by atoms with E-state index in [4.69, 9.17) is 4.99 Å². The number of carbonyl (C=O) groups is 1.